The van der Waals surface area contributed by atoms with Crippen molar-refractivity contribution in [2.24, 2.45) is 11.8 Å². The molecule has 4 heteroatoms. The smallest absolute Gasteiger partial charge is 0.311 e. The number of hydrogen-bond acceptors (Lipinski definition) is 3. The minimum Gasteiger partial charge on any atom is -0.466 e. The Kier molecular flexibility index (Phi) is 3.28. The van der Waals surface area contributed by atoms with Gasteiger partial charge in [0.25, 0.3) is 0 Å². The molecule has 0 aromatic rings. The van der Waals surface area contributed by atoms with Crippen LogP contribution in [-0.2, 0) is 14.3 Å². The summed E-state index contributed by atoms with van der Waals surface area (Å²) < 4.78 is 4.90. The van der Waals surface area contributed by atoms with E-state index in [9.17, 15) is 9.59 Å². The second-order valence-corrected chi connectivity index (χ2v) is 3.34. The summed E-state index contributed by atoms with van der Waals surface area (Å²) in [6.45, 7) is 4.50. The zero-order valence-electron chi connectivity index (χ0n) is 8.00. The average Bonchev–Trinajstić information content (AvgIpc) is 2.04. The number of esters is 1. The molecular formula is C9H15NO3. The largest absolute Gasteiger partial charge is 0.466 e. The van der Waals surface area contributed by atoms with Crippen LogP contribution in [0.5, 0.6) is 0 Å². The van der Waals surface area contributed by atoms with Crippen LogP contribution in [0.15, 0.2) is 0 Å². The molecule has 0 aromatic carbocycles. The Balaban J connectivity index is 2.50. The van der Waals surface area contributed by atoms with Gasteiger partial charge >= 0.3 is 5.97 Å². The summed E-state index contributed by atoms with van der Waals surface area (Å²) in [6.07, 6.45) is 0.420. The number of nitrogens with one attached hydrogen (secondary N) is 1. The van der Waals surface area contributed by atoms with Crippen LogP contribution in [0.3, 0.4) is 0 Å². The van der Waals surface area contributed by atoms with Crippen molar-refractivity contribution in [3.05, 3.63) is 0 Å². The first kappa shape index (κ1) is 10.0. The number of piperidine rings is 1. The Morgan fingerprint density at radius 1 is 1.69 bits per heavy atom. The van der Waals surface area contributed by atoms with E-state index >= 15 is 0 Å². The molecule has 1 saturated heterocycles. The zero-order chi connectivity index (χ0) is 9.84. The summed E-state index contributed by atoms with van der Waals surface area (Å²) in [7, 11) is 0. The van der Waals surface area contributed by atoms with Crippen LogP contribution < -0.4 is 5.32 Å². The van der Waals surface area contributed by atoms with Crippen LogP contribution >= 0.6 is 0 Å². The van der Waals surface area contributed by atoms with Crippen LogP contribution in [0, 0.1) is 11.8 Å². The van der Waals surface area contributed by atoms with Crippen LogP contribution in [-0.4, -0.2) is 25.0 Å². The first-order valence-electron chi connectivity index (χ1n) is 4.58. The molecule has 0 saturated carbocycles. The zero-order valence-corrected chi connectivity index (χ0v) is 8.00. The molecule has 0 spiro atoms. The van der Waals surface area contributed by atoms with Crippen LogP contribution in [0.2, 0.25) is 0 Å². The van der Waals surface area contributed by atoms with Crippen molar-refractivity contribution in [2.45, 2.75) is 20.3 Å². The predicted octanol–water partition coefficient (Wildman–Crippen LogP) is 0.322. The van der Waals surface area contributed by atoms with Crippen LogP contribution in [0.25, 0.3) is 0 Å². The van der Waals surface area contributed by atoms with Crippen molar-refractivity contribution in [3.8, 4) is 0 Å². The molecule has 1 heterocycles. The van der Waals surface area contributed by atoms with E-state index < -0.39 is 0 Å². The van der Waals surface area contributed by atoms with Gasteiger partial charge in [0.2, 0.25) is 5.91 Å². The van der Waals surface area contributed by atoms with Gasteiger partial charge in [-0.05, 0) is 12.8 Å². The van der Waals surface area contributed by atoms with Crippen molar-refractivity contribution in [2.75, 3.05) is 13.2 Å². The fraction of sp³-hybridized carbons (Fsp3) is 0.778. The maximum Gasteiger partial charge on any atom is 0.311 e. The lowest BCUT2D eigenvalue weighted by molar-refractivity contribution is -0.151. The number of hydrogen-bond donors (Lipinski definition) is 1. The molecule has 2 atom stereocenters. The molecule has 13 heavy (non-hydrogen) atoms. The molecular weight excluding hydrogens is 170 g/mol. The molecule has 1 rings (SSSR count). The van der Waals surface area contributed by atoms with Gasteiger partial charge in [-0.25, -0.2) is 0 Å². The molecule has 0 radical (unpaired) electrons. The first-order valence-corrected chi connectivity index (χ1v) is 4.58. The van der Waals surface area contributed by atoms with Crippen molar-refractivity contribution in [3.63, 3.8) is 0 Å². The van der Waals surface area contributed by atoms with E-state index in [-0.39, 0.29) is 23.7 Å². The lowest BCUT2D eigenvalue weighted by atomic mass is 9.88. The maximum atomic E-state index is 11.3. The fourth-order valence-electron chi connectivity index (χ4n) is 1.50. The molecule has 1 aliphatic rings. The second-order valence-electron chi connectivity index (χ2n) is 3.34. The van der Waals surface area contributed by atoms with Gasteiger partial charge in [-0.3, -0.25) is 9.59 Å². The van der Waals surface area contributed by atoms with Gasteiger partial charge in [0.05, 0.1) is 12.5 Å². The van der Waals surface area contributed by atoms with Gasteiger partial charge in [-0.1, -0.05) is 6.92 Å². The Bertz CT molecular complexity index is 215. The van der Waals surface area contributed by atoms with E-state index in [1.807, 2.05) is 6.92 Å². The highest BCUT2D eigenvalue weighted by molar-refractivity contribution is 5.81. The highest BCUT2D eigenvalue weighted by Crippen LogP contribution is 2.20. The van der Waals surface area contributed by atoms with E-state index in [0.717, 1.165) is 0 Å². The minimum absolute atomic E-state index is 0.0213. The van der Waals surface area contributed by atoms with E-state index in [4.69, 9.17) is 4.74 Å². The second kappa shape index (κ2) is 4.25. The molecule has 0 bridgehead atoms. The Labute approximate surface area is 77.6 Å². The van der Waals surface area contributed by atoms with Crippen molar-refractivity contribution in [1.82, 2.24) is 5.32 Å². The van der Waals surface area contributed by atoms with Gasteiger partial charge in [-0.2, -0.15) is 0 Å². The SMILES string of the molecule is CCOC(=O)C1CNC(=O)CC1C. The summed E-state index contributed by atoms with van der Waals surface area (Å²) >= 11 is 0. The van der Waals surface area contributed by atoms with Gasteiger partial charge < -0.3 is 10.1 Å². The molecule has 1 amide bonds. The Morgan fingerprint density at radius 2 is 2.38 bits per heavy atom. The first-order chi connectivity index (χ1) is 6.15. The lowest BCUT2D eigenvalue weighted by Crippen LogP contribution is -2.43. The molecule has 4 nitrogen and oxygen atoms in total. The normalized spacial score (nSPS) is 28.0. The van der Waals surface area contributed by atoms with Crippen molar-refractivity contribution < 1.29 is 14.3 Å². The summed E-state index contributed by atoms with van der Waals surface area (Å²) in [5.41, 5.74) is 0. The van der Waals surface area contributed by atoms with Crippen LogP contribution in [0.1, 0.15) is 20.3 Å². The van der Waals surface area contributed by atoms with E-state index in [1.54, 1.807) is 6.92 Å². The Morgan fingerprint density at radius 3 is 2.92 bits per heavy atom. The van der Waals surface area contributed by atoms with Gasteiger partial charge in [0.1, 0.15) is 0 Å². The summed E-state index contributed by atoms with van der Waals surface area (Å²) in [6, 6.07) is 0. The third kappa shape index (κ3) is 2.44. The lowest BCUT2D eigenvalue weighted by Gasteiger charge is -2.26. The molecule has 74 valence electrons. The fourth-order valence-corrected chi connectivity index (χ4v) is 1.50. The number of ether oxygens (including phenoxy) is 1. The number of rotatable bonds is 2. The third-order valence-corrected chi connectivity index (χ3v) is 2.30. The highest BCUT2D eigenvalue weighted by Gasteiger charge is 2.31. The van der Waals surface area contributed by atoms with Gasteiger partial charge in [-0.15, -0.1) is 0 Å². The maximum absolute atomic E-state index is 11.3. The number of amides is 1. The summed E-state index contributed by atoms with van der Waals surface area (Å²) in [5, 5.41) is 2.66. The van der Waals surface area contributed by atoms with Gasteiger partial charge in [0.15, 0.2) is 0 Å². The highest BCUT2D eigenvalue weighted by atomic mass is 16.5. The average molecular weight is 185 g/mol. The topological polar surface area (TPSA) is 55.4 Å². The predicted molar refractivity (Wildman–Crippen MR) is 46.9 cm³/mol. The molecule has 0 aliphatic carbocycles. The third-order valence-electron chi connectivity index (χ3n) is 2.30. The monoisotopic (exact) mass is 185 g/mol. The Hall–Kier alpha value is -1.06. The summed E-state index contributed by atoms with van der Waals surface area (Å²) in [4.78, 5) is 22.3. The quantitative estimate of drug-likeness (QED) is 0.630. The van der Waals surface area contributed by atoms with E-state index in [0.29, 0.717) is 19.6 Å². The molecule has 0 aromatic heterocycles. The summed E-state index contributed by atoms with van der Waals surface area (Å²) in [5.74, 6) is -0.256. The van der Waals surface area contributed by atoms with Crippen molar-refractivity contribution in [1.29, 1.82) is 0 Å². The van der Waals surface area contributed by atoms with Gasteiger partial charge in [0, 0.05) is 13.0 Å². The van der Waals surface area contributed by atoms with E-state index in [1.165, 1.54) is 0 Å². The molecule has 1 N–H and O–H groups in total. The molecule has 1 aliphatic heterocycles. The standard InChI is InChI=1S/C9H15NO3/c1-3-13-9(12)7-5-10-8(11)4-6(7)2/h6-7H,3-5H2,1-2H3,(H,10,11). The molecule has 1 fully saturated rings. The van der Waals surface area contributed by atoms with Crippen molar-refractivity contribution >= 4 is 11.9 Å². The molecule has 2 unspecified atom stereocenters. The van der Waals surface area contributed by atoms with E-state index in [2.05, 4.69) is 5.32 Å². The number of carbonyl (C=O) groups is 2. The van der Waals surface area contributed by atoms with Crippen LogP contribution in [0.4, 0.5) is 0 Å². The number of carbonyl (C=O) groups excluding carboxylic acids is 2. The minimum atomic E-state index is -0.199.